The number of carbonyl (C=O) groups excluding carboxylic acids is 1. The zero-order valence-electron chi connectivity index (χ0n) is 12.4. The molecule has 2 N–H and O–H groups in total. The van der Waals surface area contributed by atoms with Crippen LogP contribution in [0.3, 0.4) is 0 Å². The molecule has 0 fully saturated rings. The number of hydrogen-bond donors (Lipinski definition) is 1. The molecule has 1 atom stereocenters. The lowest BCUT2D eigenvalue weighted by Crippen LogP contribution is -2.43. The minimum Gasteiger partial charge on any atom is -0.336 e. The first-order valence-electron chi connectivity index (χ1n) is 7.31. The van der Waals surface area contributed by atoms with Gasteiger partial charge in [0.15, 0.2) is 0 Å². The van der Waals surface area contributed by atoms with Crippen LogP contribution in [0.15, 0.2) is 47.8 Å². The SMILES string of the molecule is CCN(Cc1cccs1)C(=O)[C@@H](N)CCc1ccccc1. The Morgan fingerprint density at radius 3 is 2.62 bits per heavy atom. The second-order valence-corrected chi connectivity index (χ2v) is 6.09. The predicted molar refractivity (Wildman–Crippen MR) is 88.1 cm³/mol. The highest BCUT2D eigenvalue weighted by Crippen LogP contribution is 2.13. The standard InChI is InChI=1S/C17H22N2OS/c1-2-19(13-15-9-6-12-21-15)17(20)16(18)11-10-14-7-4-3-5-8-14/h3-9,12,16H,2,10-11,13,18H2,1H3/t16-/m0/s1. The fourth-order valence-corrected chi connectivity index (χ4v) is 2.98. The van der Waals surface area contributed by atoms with Crippen LogP contribution in [-0.4, -0.2) is 23.4 Å². The first kappa shape index (κ1) is 15.7. The Balaban J connectivity index is 1.87. The van der Waals surface area contributed by atoms with E-state index in [2.05, 4.69) is 18.2 Å². The quantitative estimate of drug-likeness (QED) is 0.854. The maximum absolute atomic E-state index is 12.4. The van der Waals surface area contributed by atoms with E-state index < -0.39 is 6.04 Å². The Bertz CT molecular complexity index is 539. The zero-order valence-corrected chi connectivity index (χ0v) is 13.2. The molecule has 112 valence electrons. The van der Waals surface area contributed by atoms with Crippen LogP contribution in [0.25, 0.3) is 0 Å². The second kappa shape index (κ2) is 7.96. The highest BCUT2D eigenvalue weighted by atomic mass is 32.1. The van der Waals surface area contributed by atoms with Gasteiger partial charge >= 0.3 is 0 Å². The van der Waals surface area contributed by atoms with E-state index in [1.54, 1.807) is 11.3 Å². The molecule has 0 radical (unpaired) electrons. The number of benzene rings is 1. The predicted octanol–water partition coefficient (Wildman–Crippen LogP) is 3.06. The summed E-state index contributed by atoms with van der Waals surface area (Å²) >= 11 is 1.67. The van der Waals surface area contributed by atoms with E-state index >= 15 is 0 Å². The van der Waals surface area contributed by atoms with E-state index in [-0.39, 0.29) is 5.91 Å². The van der Waals surface area contributed by atoms with Crippen molar-refractivity contribution in [2.24, 2.45) is 5.73 Å². The summed E-state index contributed by atoms with van der Waals surface area (Å²) in [5.74, 6) is 0.0434. The molecule has 1 amide bonds. The van der Waals surface area contributed by atoms with Gasteiger partial charge in [0, 0.05) is 11.4 Å². The van der Waals surface area contributed by atoms with Crippen molar-refractivity contribution in [1.82, 2.24) is 4.90 Å². The molecule has 3 nitrogen and oxygen atoms in total. The van der Waals surface area contributed by atoms with Crippen molar-refractivity contribution in [3.05, 3.63) is 58.3 Å². The van der Waals surface area contributed by atoms with E-state index in [4.69, 9.17) is 5.73 Å². The number of nitrogens with two attached hydrogens (primary N) is 1. The summed E-state index contributed by atoms with van der Waals surface area (Å²) in [5.41, 5.74) is 7.31. The molecule has 0 saturated carbocycles. The molecule has 0 bridgehead atoms. The van der Waals surface area contributed by atoms with Gasteiger partial charge in [-0.3, -0.25) is 4.79 Å². The molecule has 0 aliphatic rings. The van der Waals surface area contributed by atoms with E-state index in [9.17, 15) is 4.79 Å². The summed E-state index contributed by atoms with van der Waals surface area (Å²) in [5, 5.41) is 2.03. The van der Waals surface area contributed by atoms with Crippen molar-refractivity contribution < 1.29 is 4.79 Å². The lowest BCUT2D eigenvalue weighted by Gasteiger charge is -2.24. The molecule has 1 aromatic heterocycles. The van der Waals surface area contributed by atoms with Crippen LogP contribution in [0, 0.1) is 0 Å². The lowest BCUT2D eigenvalue weighted by molar-refractivity contribution is -0.133. The minimum absolute atomic E-state index is 0.0434. The third-order valence-electron chi connectivity index (χ3n) is 3.52. The van der Waals surface area contributed by atoms with E-state index in [0.29, 0.717) is 19.5 Å². The largest absolute Gasteiger partial charge is 0.336 e. The van der Waals surface area contributed by atoms with Gasteiger partial charge in [-0.2, -0.15) is 0 Å². The van der Waals surface area contributed by atoms with Crippen LogP contribution in [0.2, 0.25) is 0 Å². The normalized spacial score (nSPS) is 12.1. The van der Waals surface area contributed by atoms with Crippen molar-refractivity contribution in [2.75, 3.05) is 6.54 Å². The summed E-state index contributed by atoms with van der Waals surface area (Å²) in [4.78, 5) is 15.5. The number of likely N-dealkylation sites (N-methyl/N-ethyl adjacent to an activating group) is 1. The van der Waals surface area contributed by atoms with Crippen molar-refractivity contribution in [3.63, 3.8) is 0 Å². The molecule has 0 unspecified atom stereocenters. The van der Waals surface area contributed by atoms with Crippen molar-refractivity contribution in [2.45, 2.75) is 32.4 Å². The Hall–Kier alpha value is -1.65. The summed E-state index contributed by atoms with van der Waals surface area (Å²) < 4.78 is 0. The van der Waals surface area contributed by atoms with Crippen LogP contribution in [0.4, 0.5) is 0 Å². The lowest BCUT2D eigenvalue weighted by atomic mass is 10.0. The molecule has 0 spiro atoms. The number of aryl methyl sites for hydroxylation is 1. The van der Waals surface area contributed by atoms with Gasteiger partial charge in [-0.15, -0.1) is 11.3 Å². The number of nitrogens with zero attached hydrogens (tertiary/aromatic N) is 1. The summed E-state index contributed by atoms with van der Waals surface area (Å²) in [6, 6.07) is 13.8. The Labute approximate surface area is 130 Å². The Morgan fingerprint density at radius 2 is 2.00 bits per heavy atom. The third-order valence-corrected chi connectivity index (χ3v) is 4.39. The molecule has 2 rings (SSSR count). The molecule has 4 heteroatoms. The number of amides is 1. The molecule has 21 heavy (non-hydrogen) atoms. The van der Waals surface area contributed by atoms with E-state index in [0.717, 1.165) is 6.42 Å². The van der Waals surface area contributed by atoms with Gasteiger partial charge in [-0.05, 0) is 36.8 Å². The van der Waals surface area contributed by atoms with Crippen LogP contribution in [0.1, 0.15) is 23.8 Å². The molecular formula is C17H22N2OS. The van der Waals surface area contributed by atoms with E-state index in [1.165, 1.54) is 10.4 Å². The molecule has 0 aliphatic heterocycles. The number of carbonyl (C=O) groups is 1. The summed E-state index contributed by atoms with van der Waals surface area (Å²) in [6.07, 6.45) is 1.52. The fraction of sp³-hybridized carbons (Fsp3) is 0.353. The molecule has 0 saturated heterocycles. The second-order valence-electron chi connectivity index (χ2n) is 5.06. The topological polar surface area (TPSA) is 46.3 Å². The van der Waals surface area contributed by atoms with Gasteiger partial charge < -0.3 is 10.6 Å². The Morgan fingerprint density at radius 1 is 1.24 bits per heavy atom. The first-order valence-corrected chi connectivity index (χ1v) is 8.19. The van der Waals surface area contributed by atoms with Gasteiger partial charge in [-0.1, -0.05) is 36.4 Å². The van der Waals surface area contributed by atoms with Crippen LogP contribution < -0.4 is 5.73 Å². The number of rotatable bonds is 7. The molecule has 0 aliphatic carbocycles. The number of hydrogen-bond acceptors (Lipinski definition) is 3. The van der Waals surface area contributed by atoms with Crippen LogP contribution in [0.5, 0.6) is 0 Å². The molecular weight excluding hydrogens is 280 g/mol. The Kier molecular flexibility index (Phi) is 5.96. The molecule has 1 aromatic carbocycles. The maximum Gasteiger partial charge on any atom is 0.239 e. The summed E-state index contributed by atoms with van der Waals surface area (Å²) in [7, 11) is 0. The van der Waals surface area contributed by atoms with Gasteiger partial charge in [0.25, 0.3) is 0 Å². The van der Waals surface area contributed by atoms with Crippen molar-refractivity contribution >= 4 is 17.2 Å². The van der Waals surface area contributed by atoms with Gasteiger partial charge in [0.1, 0.15) is 0 Å². The highest BCUT2D eigenvalue weighted by molar-refractivity contribution is 7.09. The highest BCUT2D eigenvalue weighted by Gasteiger charge is 2.20. The maximum atomic E-state index is 12.4. The van der Waals surface area contributed by atoms with Crippen molar-refractivity contribution in [3.8, 4) is 0 Å². The third kappa shape index (κ3) is 4.69. The van der Waals surface area contributed by atoms with E-state index in [1.807, 2.05) is 41.5 Å². The van der Waals surface area contributed by atoms with Crippen LogP contribution >= 0.6 is 11.3 Å². The zero-order chi connectivity index (χ0) is 15.1. The molecule has 1 heterocycles. The molecule has 2 aromatic rings. The van der Waals surface area contributed by atoms with Gasteiger partial charge in [0.05, 0.1) is 12.6 Å². The van der Waals surface area contributed by atoms with Gasteiger partial charge in [-0.25, -0.2) is 0 Å². The first-order chi connectivity index (χ1) is 10.2. The average molecular weight is 302 g/mol. The minimum atomic E-state index is -0.426. The smallest absolute Gasteiger partial charge is 0.239 e. The van der Waals surface area contributed by atoms with Crippen LogP contribution in [-0.2, 0) is 17.8 Å². The van der Waals surface area contributed by atoms with Crippen molar-refractivity contribution in [1.29, 1.82) is 0 Å². The fourth-order valence-electron chi connectivity index (χ4n) is 2.26. The number of thiophene rings is 1. The van der Waals surface area contributed by atoms with Gasteiger partial charge in [0.2, 0.25) is 5.91 Å². The summed E-state index contributed by atoms with van der Waals surface area (Å²) in [6.45, 7) is 3.34. The average Bonchev–Trinajstić information content (AvgIpc) is 3.03. The monoisotopic (exact) mass is 302 g/mol.